The van der Waals surface area contributed by atoms with Crippen LogP contribution in [0.15, 0.2) is 0 Å². The summed E-state index contributed by atoms with van der Waals surface area (Å²) in [5, 5.41) is 0. The number of rotatable bonds is 0. The van der Waals surface area contributed by atoms with Crippen molar-refractivity contribution in [3.05, 3.63) is 0 Å². The third-order valence-corrected chi connectivity index (χ3v) is 0. The molecule has 0 amide bonds. The molecular weight excluding hydrogens is 361 g/mol. The van der Waals surface area contributed by atoms with Crippen LogP contribution in [0.25, 0.3) is 0 Å². The van der Waals surface area contributed by atoms with Gasteiger partial charge in [-0.15, -0.1) is 0 Å². The van der Waals surface area contributed by atoms with Gasteiger partial charge >= 0.3 is 58.5 Å². The van der Waals surface area contributed by atoms with Gasteiger partial charge < -0.3 is 0 Å². The van der Waals surface area contributed by atoms with Gasteiger partial charge in [0.05, 0.1) is 0 Å². The van der Waals surface area contributed by atoms with Crippen LogP contribution >= 0.6 is 0 Å². The molecule has 0 N–H and O–H groups in total. The molecule has 0 aliphatic rings. The fourth-order valence-corrected chi connectivity index (χ4v) is 0. The first-order chi connectivity index (χ1) is 1.41. The van der Waals surface area contributed by atoms with Gasteiger partial charge in [-0.25, -0.2) is 0 Å². The van der Waals surface area contributed by atoms with Crippen molar-refractivity contribution in [2.24, 2.45) is 0 Å². The summed E-state index contributed by atoms with van der Waals surface area (Å²) in [5.41, 5.74) is 0. The van der Waals surface area contributed by atoms with Crippen molar-refractivity contribution in [3.8, 4) is 0 Å². The van der Waals surface area contributed by atoms with Gasteiger partial charge in [0.25, 0.3) is 0 Å². The van der Waals surface area contributed by atoms with Crippen LogP contribution in [0.1, 0.15) is 0 Å². The normalized spacial score (nSPS) is 3.20. The van der Waals surface area contributed by atoms with Crippen LogP contribution in [0.2, 0.25) is 0 Å². The largest absolute Gasteiger partial charge is 0 e. The van der Waals surface area contributed by atoms with Gasteiger partial charge in [-0.2, -0.15) is 0 Å². The quantitative estimate of drug-likeness (QED) is 0.393. The van der Waals surface area contributed by atoms with E-state index in [1.807, 2.05) is 0 Å². The van der Waals surface area contributed by atoms with E-state index >= 15 is 0 Å². The Hall–Kier alpha value is 2.50. The first-order valence-corrected chi connectivity index (χ1v) is 8.25. The van der Waals surface area contributed by atoms with Crippen molar-refractivity contribution in [1.82, 2.24) is 0 Å². The van der Waals surface area contributed by atoms with E-state index in [4.69, 9.17) is 0 Å². The average Bonchev–Trinajstić information content (AvgIpc) is 0.918. The van der Waals surface area contributed by atoms with Crippen LogP contribution in [-0.2, 0) is 37.7 Å². The van der Waals surface area contributed by atoms with Gasteiger partial charge in [0.2, 0.25) is 0 Å². The zero-order chi connectivity index (χ0) is 2.71. The first kappa shape index (κ1) is 15.6. The molecule has 0 radical (unpaired) electrons. The summed E-state index contributed by atoms with van der Waals surface area (Å²) in [6, 6.07) is 2.31. The number of hydrogen-bond donors (Lipinski definition) is 0. The van der Waals surface area contributed by atoms with Crippen LogP contribution < -0.4 is 0 Å². The molecule has 0 heterocycles. The van der Waals surface area contributed by atoms with Crippen molar-refractivity contribution < 1.29 is 37.7 Å². The third kappa shape index (κ3) is 21.0. The van der Waals surface area contributed by atoms with Gasteiger partial charge in [0.15, 0.2) is 0 Å². The van der Waals surface area contributed by atoms with Gasteiger partial charge in [0, 0.05) is 19.5 Å². The van der Waals surface area contributed by atoms with E-state index in [0.29, 0.717) is 18.2 Å². The van der Waals surface area contributed by atoms with Crippen LogP contribution in [0.4, 0.5) is 0 Å². The standard InChI is InChI=1S/BH2.Bi.H3Si.Ti.Zn.3H/h1H2;;1H3;;;;;/q+1;;;-1;;;;. The monoisotopic (exact) mass is 368 g/mol. The molecule has 5 heteroatoms. The SMILES string of the molecule is [BH2][Ti][SiH3].[BiH3].[Zn]. The minimum atomic E-state index is 0. The smallest absolute Gasteiger partial charge is 0 e. The first-order valence-electron chi connectivity index (χ1n) is 1.00. The zero-order valence-electron chi connectivity index (χ0n) is 3.91. The Morgan fingerprint density at radius 1 is 1.60 bits per heavy atom. The second kappa shape index (κ2) is 16.0. The Labute approximate surface area is 76.8 Å². The summed E-state index contributed by atoms with van der Waals surface area (Å²) in [6.07, 6.45) is 0. The molecule has 0 atom stereocenters. The van der Waals surface area contributed by atoms with Crippen LogP contribution in [0, 0.1) is 0 Å². The van der Waals surface area contributed by atoms with Crippen LogP contribution in [-0.4, -0.2) is 40.3 Å². The molecule has 5 heavy (non-hydrogen) atoms. The molecule has 0 fully saturated rings. The maximum Gasteiger partial charge on any atom is 0 e. The van der Waals surface area contributed by atoms with Crippen molar-refractivity contribution in [2.45, 2.75) is 0 Å². The van der Waals surface area contributed by atoms with E-state index in [1.165, 1.54) is 8.11 Å². The third-order valence-electron chi connectivity index (χ3n) is 0. The van der Waals surface area contributed by atoms with Crippen LogP contribution in [0.5, 0.6) is 0 Å². The molecule has 26 valence electrons. The maximum atomic E-state index is 2.31. The van der Waals surface area contributed by atoms with Crippen molar-refractivity contribution in [3.63, 3.8) is 0 Å². The van der Waals surface area contributed by atoms with E-state index in [2.05, 4.69) is 6.02 Å². The molecule has 0 aromatic heterocycles. The molecular formula is H8BBiSiTiZn. The fourth-order valence-electron chi connectivity index (χ4n) is 0. The van der Waals surface area contributed by atoms with Gasteiger partial charge in [0.1, 0.15) is 0 Å². The summed E-state index contributed by atoms with van der Waals surface area (Å²) in [7, 11) is 1.49. The minimum absolute atomic E-state index is 0. The van der Waals surface area contributed by atoms with Crippen molar-refractivity contribution >= 4 is 40.3 Å². The summed E-state index contributed by atoms with van der Waals surface area (Å²) in [5.74, 6) is 0. The Balaban J connectivity index is -0.0000000200. The predicted octanol–water partition coefficient (Wildman–Crippen LogP) is -3.29. The van der Waals surface area contributed by atoms with E-state index in [9.17, 15) is 0 Å². The average molecular weight is 369 g/mol. The van der Waals surface area contributed by atoms with E-state index < -0.39 is 0 Å². The van der Waals surface area contributed by atoms with E-state index in [-0.39, 0.29) is 45.7 Å². The molecule has 0 aromatic rings. The Bertz CT molecular complexity index is 11.6. The molecule has 0 spiro atoms. The zero-order valence-corrected chi connectivity index (χ0v) is 15.9. The van der Waals surface area contributed by atoms with Gasteiger partial charge in [-0.3, -0.25) is 0 Å². The van der Waals surface area contributed by atoms with Gasteiger partial charge in [-0.05, 0) is 0 Å². The molecule has 0 aromatic carbocycles. The van der Waals surface area contributed by atoms with Crippen molar-refractivity contribution in [2.75, 3.05) is 0 Å². The van der Waals surface area contributed by atoms with Gasteiger partial charge in [-0.1, -0.05) is 0 Å². The Morgan fingerprint density at radius 2 is 1.60 bits per heavy atom. The maximum absolute atomic E-state index is 2.31. The summed E-state index contributed by atoms with van der Waals surface area (Å²) >= 11 is 0.639. The second-order valence-corrected chi connectivity index (χ2v) is 6.18. The molecule has 0 nitrogen and oxygen atoms in total. The van der Waals surface area contributed by atoms with E-state index in [1.54, 1.807) is 0 Å². The summed E-state index contributed by atoms with van der Waals surface area (Å²) < 4.78 is 0. The molecule has 0 aliphatic carbocycles. The predicted molar refractivity (Wildman–Crippen MR) is 28.4 cm³/mol. The van der Waals surface area contributed by atoms with Crippen LogP contribution in [0.3, 0.4) is 0 Å². The van der Waals surface area contributed by atoms with E-state index in [0.717, 1.165) is 0 Å². The molecule has 0 bridgehead atoms. The van der Waals surface area contributed by atoms with Crippen molar-refractivity contribution in [1.29, 1.82) is 0 Å². The molecule has 0 rings (SSSR count). The Morgan fingerprint density at radius 3 is 1.60 bits per heavy atom. The topological polar surface area (TPSA) is 0 Å². The minimum Gasteiger partial charge on any atom is 0 e. The fraction of sp³-hybridized carbons (Fsp3) is 0. The number of hydrogen-bond acceptors (Lipinski definition) is 0. The Kier molecular flexibility index (Phi) is 50.2. The molecule has 0 saturated heterocycles. The molecule has 0 saturated carbocycles. The second-order valence-electron chi connectivity index (χ2n) is 0.500. The molecule has 0 unspecified atom stereocenters. The summed E-state index contributed by atoms with van der Waals surface area (Å²) in [4.78, 5) is 0. The molecule has 0 aliphatic heterocycles. The summed E-state index contributed by atoms with van der Waals surface area (Å²) in [6.45, 7) is 0.